The molecule has 0 fully saturated rings. The van der Waals surface area contributed by atoms with Crippen molar-refractivity contribution in [3.8, 4) is 5.75 Å². The molecule has 0 spiro atoms. The normalized spacial score (nSPS) is 15.5. The van der Waals surface area contributed by atoms with E-state index in [1.54, 1.807) is 0 Å². The summed E-state index contributed by atoms with van der Waals surface area (Å²) in [5.41, 5.74) is -0.622. The first kappa shape index (κ1) is 28.2. The van der Waals surface area contributed by atoms with Gasteiger partial charge in [-0.05, 0) is 30.7 Å². The average Bonchev–Trinajstić information content (AvgIpc) is 2.73. The van der Waals surface area contributed by atoms with E-state index in [0.717, 1.165) is 13.0 Å². The lowest BCUT2D eigenvalue weighted by Gasteiger charge is -2.29. The summed E-state index contributed by atoms with van der Waals surface area (Å²) >= 11 is 5.91. The summed E-state index contributed by atoms with van der Waals surface area (Å²) in [7, 11) is 0. The Kier molecular flexibility index (Phi) is 9.10. The summed E-state index contributed by atoms with van der Waals surface area (Å²) in [6.07, 6.45) is -12.1. The minimum Gasteiger partial charge on any atom is -0.475 e. The first-order valence-corrected chi connectivity index (χ1v) is 9.93. The van der Waals surface area contributed by atoms with Gasteiger partial charge in [0.15, 0.2) is 6.10 Å². The zero-order valence-electron chi connectivity index (χ0n) is 18.2. The molecule has 1 heterocycles. The van der Waals surface area contributed by atoms with Crippen LogP contribution in [-0.4, -0.2) is 60.2 Å². The molecule has 36 heavy (non-hydrogen) atoms. The molecule has 1 aromatic carbocycles. The van der Waals surface area contributed by atoms with Gasteiger partial charge in [0, 0.05) is 17.5 Å². The van der Waals surface area contributed by atoms with Crippen LogP contribution in [0, 0.1) is 27.2 Å². The Morgan fingerprint density at radius 1 is 1.11 bits per heavy atom. The number of carbonyl (C=O) groups excluding carboxylic acids is 2. The molecule has 2 unspecified atom stereocenters. The smallest absolute Gasteiger partial charge is 0.475 e. The number of fused-ring (bicyclic) bond motifs is 1. The maximum atomic E-state index is 13.6. The van der Waals surface area contributed by atoms with Crippen LogP contribution in [-0.2, 0) is 28.7 Å². The molecule has 0 N–H and O–H groups in total. The van der Waals surface area contributed by atoms with Crippen molar-refractivity contribution in [2.45, 2.75) is 38.5 Å². The molecule has 2 atom stereocenters. The second-order valence-corrected chi connectivity index (χ2v) is 7.34. The summed E-state index contributed by atoms with van der Waals surface area (Å²) in [4.78, 5) is 52.7. The van der Waals surface area contributed by atoms with Crippen molar-refractivity contribution in [2.75, 3.05) is 13.2 Å². The van der Waals surface area contributed by atoms with Crippen molar-refractivity contribution in [2.24, 2.45) is 0 Å². The van der Waals surface area contributed by atoms with Crippen LogP contribution in [0.2, 0.25) is 5.02 Å². The zero-order chi connectivity index (χ0) is 27.2. The van der Waals surface area contributed by atoms with E-state index in [2.05, 4.69) is 19.1 Å². The van der Waals surface area contributed by atoms with E-state index in [4.69, 9.17) is 21.1 Å². The molecule has 198 valence electrons. The SMILES string of the molecule is Cc1cc(Cl)cc2c1OC(C(F)(F)F)C(C(=O)OC(C)OC(=O)OC(CO[N+](=O)[O-])CO[N+](=O)[O-])=C2. The second kappa shape index (κ2) is 11.6. The van der Waals surface area contributed by atoms with Crippen LogP contribution in [0.3, 0.4) is 0 Å². The van der Waals surface area contributed by atoms with Gasteiger partial charge in [0.2, 0.25) is 12.4 Å². The van der Waals surface area contributed by atoms with Crippen molar-refractivity contribution in [3.63, 3.8) is 0 Å². The van der Waals surface area contributed by atoms with Crippen molar-refractivity contribution >= 4 is 29.8 Å². The summed E-state index contributed by atoms with van der Waals surface area (Å²) < 4.78 is 59.6. The quantitative estimate of drug-likeness (QED) is 0.182. The van der Waals surface area contributed by atoms with Gasteiger partial charge in [-0.2, -0.15) is 13.2 Å². The molecule has 0 aliphatic carbocycles. The van der Waals surface area contributed by atoms with E-state index >= 15 is 0 Å². The Hall–Kier alpha value is -4.02. The summed E-state index contributed by atoms with van der Waals surface area (Å²) in [6, 6.07) is 2.63. The van der Waals surface area contributed by atoms with Crippen LogP contribution in [0.1, 0.15) is 18.1 Å². The molecule has 0 saturated carbocycles. The number of alkyl halides is 3. The van der Waals surface area contributed by atoms with Crippen LogP contribution >= 0.6 is 11.6 Å². The number of ether oxygens (including phenoxy) is 4. The van der Waals surface area contributed by atoms with E-state index in [9.17, 15) is 43.0 Å². The van der Waals surface area contributed by atoms with E-state index in [-0.39, 0.29) is 21.9 Å². The number of carbonyl (C=O) groups is 2. The molecule has 18 heteroatoms. The number of aryl methyl sites for hydroxylation is 1. The molecule has 0 amide bonds. The molecule has 1 aliphatic rings. The number of esters is 1. The number of halogens is 4. The Morgan fingerprint density at radius 2 is 1.69 bits per heavy atom. The molecule has 1 aromatic rings. The standard InChI is InChI=1S/C18H16ClF3N2O12/c1-8-3-11(19)4-10-5-13(15(18(20,21)22)36-14(8)10)16(25)33-9(2)34-17(26)35-12(6-31-23(27)28)7-32-24(29)30/h3-5,9,12,15H,6-7H2,1-2H3. The third-order valence-corrected chi connectivity index (χ3v) is 4.38. The Morgan fingerprint density at radius 3 is 2.22 bits per heavy atom. The number of benzene rings is 1. The molecule has 2 rings (SSSR count). The summed E-state index contributed by atoms with van der Waals surface area (Å²) in [6.45, 7) is 0.431. The first-order chi connectivity index (χ1) is 16.7. The van der Waals surface area contributed by atoms with Gasteiger partial charge in [-0.1, -0.05) is 11.6 Å². The topological polar surface area (TPSA) is 176 Å². The lowest BCUT2D eigenvalue weighted by atomic mass is 9.99. The largest absolute Gasteiger partial charge is 0.511 e. The van der Waals surface area contributed by atoms with Gasteiger partial charge in [0.05, 0.1) is 5.57 Å². The van der Waals surface area contributed by atoms with E-state index in [1.807, 2.05) is 0 Å². The molecule has 14 nitrogen and oxygen atoms in total. The zero-order valence-corrected chi connectivity index (χ0v) is 18.9. The molecule has 0 aromatic heterocycles. The third-order valence-electron chi connectivity index (χ3n) is 4.16. The maximum Gasteiger partial charge on any atom is 0.511 e. The molecular formula is C18H16ClF3N2O12. The Bertz CT molecular complexity index is 1050. The Balaban J connectivity index is 2.11. The minimum atomic E-state index is -5.03. The highest BCUT2D eigenvalue weighted by atomic mass is 35.5. The van der Waals surface area contributed by atoms with Crippen LogP contribution in [0.25, 0.3) is 6.08 Å². The van der Waals surface area contributed by atoms with Gasteiger partial charge in [-0.3, -0.25) is 0 Å². The average molecular weight is 545 g/mol. The maximum absolute atomic E-state index is 13.6. The third kappa shape index (κ3) is 8.03. The van der Waals surface area contributed by atoms with Gasteiger partial charge < -0.3 is 28.6 Å². The minimum absolute atomic E-state index is 0.0693. The van der Waals surface area contributed by atoms with Gasteiger partial charge in [-0.15, -0.1) is 20.2 Å². The van der Waals surface area contributed by atoms with Gasteiger partial charge in [0.1, 0.15) is 19.0 Å². The van der Waals surface area contributed by atoms with Crippen LogP contribution in [0.15, 0.2) is 17.7 Å². The predicted molar refractivity (Wildman–Crippen MR) is 107 cm³/mol. The highest BCUT2D eigenvalue weighted by Gasteiger charge is 2.49. The number of rotatable bonds is 10. The van der Waals surface area contributed by atoms with Crippen LogP contribution in [0.4, 0.5) is 18.0 Å². The van der Waals surface area contributed by atoms with E-state index < -0.39 is 65.8 Å². The molecule has 0 bridgehead atoms. The van der Waals surface area contributed by atoms with E-state index in [1.165, 1.54) is 19.1 Å². The van der Waals surface area contributed by atoms with Crippen molar-refractivity contribution < 1.29 is 61.6 Å². The van der Waals surface area contributed by atoms with E-state index in [0.29, 0.717) is 0 Å². The summed E-state index contributed by atoms with van der Waals surface area (Å²) in [5, 5.41) is 18.1. The van der Waals surface area contributed by atoms with Crippen molar-refractivity contribution in [3.05, 3.63) is 54.1 Å². The fourth-order valence-electron chi connectivity index (χ4n) is 2.80. The Labute approximate surface area is 203 Å². The van der Waals surface area contributed by atoms with Crippen molar-refractivity contribution in [1.82, 2.24) is 0 Å². The van der Waals surface area contributed by atoms with Crippen LogP contribution < -0.4 is 4.74 Å². The fourth-order valence-corrected chi connectivity index (χ4v) is 3.09. The van der Waals surface area contributed by atoms with Crippen molar-refractivity contribution in [1.29, 1.82) is 0 Å². The van der Waals surface area contributed by atoms with Gasteiger partial charge in [0.25, 0.3) is 10.2 Å². The highest BCUT2D eigenvalue weighted by molar-refractivity contribution is 6.30. The number of hydrogen-bond acceptors (Lipinski definition) is 12. The second-order valence-electron chi connectivity index (χ2n) is 6.90. The monoisotopic (exact) mass is 544 g/mol. The first-order valence-electron chi connectivity index (χ1n) is 9.55. The number of nitrogens with zero attached hydrogens (tertiary/aromatic N) is 2. The molecule has 0 saturated heterocycles. The highest BCUT2D eigenvalue weighted by Crippen LogP contribution is 2.40. The fraction of sp³-hybridized carbons (Fsp3) is 0.444. The van der Waals surface area contributed by atoms with Gasteiger partial charge >= 0.3 is 18.3 Å². The number of hydrogen-bond donors (Lipinski definition) is 0. The molecule has 0 radical (unpaired) electrons. The molecule has 1 aliphatic heterocycles. The summed E-state index contributed by atoms with van der Waals surface area (Å²) in [5.74, 6) is -1.71. The molecular weight excluding hydrogens is 529 g/mol. The van der Waals surface area contributed by atoms with Gasteiger partial charge in [-0.25, -0.2) is 9.59 Å². The van der Waals surface area contributed by atoms with Crippen LogP contribution in [0.5, 0.6) is 5.75 Å². The predicted octanol–water partition coefficient (Wildman–Crippen LogP) is 3.18. The lowest BCUT2D eigenvalue weighted by Crippen LogP contribution is -2.41. The lowest BCUT2D eigenvalue weighted by molar-refractivity contribution is -0.768.